The number of hydrogen-bond acceptors (Lipinski definition) is 9. The van der Waals surface area contributed by atoms with Crippen molar-refractivity contribution in [3.63, 3.8) is 0 Å². The topological polar surface area (TPSA) is 122 Å². The summed E-state index contributed by atoms with van der Waals surface area (Å²) in [5.41, 5.74) is 2.56. The van der Waals surface area contributed by atoms with E-state index in [0.717, 1.165) is 42.4 Å². The summed E-state index contributed by atoms with van der Waals surface area (Å²) in [5.74, 6) is 3.40. The van der Waals surface area contributed by atoms with E-state index in [1.54, 1.807) is 18.5 Å². The first kappa shape index (κ1) is 18.2. The van der Waals surface area contributed by atoms with Crippen molar-refractivity contribution in [3.05, 3.63) is 53.8 Å². The average molecular weight is 403 g/mol. The number of hydrogen-bond donors (Lipinski definition) is 2. The third kappa shape index (κ3) is 3.47. The Morgan fingerprint density at radius 2 is 2.03 bits per heavy atom. The fourth-order valence-electron chi connectivity index (χ4n) is 3.38. The second kappa shape index (κ2) is 7.54. The van der Waals surface area contributed by atoms with Gasteiger partial charge in [-0.15, -0.1) is 0 Å². The van der Waals surface area contributed by atoms with Gasteiger partial charge in [-0.25, -0.2) is 15.0 Å². The maximum atomic E-state index is 5.60. The lowest BCUT2D eigenvalue weighted by molar-refractivity contribution is 0.315. The molecular formula is C20H21N9O. The van der Waals surface area contributed by atoms with Gasteiger partial charge in [0, 0.05) is 48.5 Å². The summed E-state index contributed by atoms with van der Waals surface area (Å²) in [4.78, 5) is 20.0. The summed E-state index contributed by atoms with van der Waals surface area (Å²) in [6.07, 6.45) is 5.11. The van der Waals surface area contributed by atoms with E-state index in [9.17, 15) is 0 Å². The van der Waals surface area contributed by atoms with Crippen molar-refractivity contribution in [2.45, 2.75) is 32.7 Å². The second-order valence-electron chi connectivity index (χ2n) is 7.14. The van der Waals surface area contributed by atoms with Crippen LogP contribution >= 0.6 is 0 Å². The highest BCUT2D eigenvalue weighted by atomic mass is 16.5. The first-order valence-corrected chi connectivity index (χ1v) is 9.87. The molecule has 0 saturated carbocycles. The summed E-state index contributed by atoms with van der Waals surface area (Å²) in [6.45, 7) is 4.87. The molecule has 30 heavy (non-hydrogen) atoms. The molecule has 1 aliphatic heterocycles. The van der Waals surface area contributed by atoms with Gasteiger partial charge >= 0.3 is 0 Å². The molecule has 0 amide bonds. The Morgan fingerprint density at radius 1 is 1.17 bits per heavy atom. The third-order valence-corrected chi connectivity index (χ3v) is 5.02. The Balaban J connectivity index is 1.40. The van der Waals surface area contributed by atoms with Gasteiger partial charge in [0.25, 0.3) is 0 Å². The Morgan fingerprint density at radius 3 is 2.73 bits per heavy atom. The average Bonchev–Trinajstić information content (AvgIpc) is 3.37. The highest BCUT2D eigenvalue weighted by Crippen LogP contribution is 2.37. The molecule has 1 saturated heterocycles. The molecular weight excluding hydrogens is 382 g/mol. The smallest absolute Gasteiger partial charge is 0.228 e. The van der Waals surface area contributed by atoms with Gasteiger partial charge in [0.15, 0.2) is 23.1 Å². The summed E-state index contributed by atoms with van der Waals surface area (Å²) >= 11 is 0. The molecule has 1 atom stereocenters. The first-order chi connectivity index (χ1) is 14.7. The fourth-order valence-corrected chi connectivity index (χ4v) is 3.38. The molecule has 5 heterocycles. The van der Waals surface area contributed by atoms with E-state index in [0.29, 0.717) is 23.3 Å². The zero-order chi connectivity index (χ0) is 20.5. The monoisotopic (exact) mass is 403 g/mol. The van der Waals surface area contributed by atoms with Crippen LogP contribution < -0.4 is 10.2 Å². The van der Waals surface area contributed by atoms with Crippen molar-refractivity contribution in [2.75, 3.05) is 16.8 Å². The molecule has 152 valence electrons. The SMILES string of the molecule is CCc1cc(Nc2cc(C)[nH]n2)nc(N2CCC2c2cc(-c3ncccn3)no2)n1. The van der Waals surface area contributed by atoms with Crippen LogP contribution in [0.3, 0.4) is 0 Å². The van der Waals surface area contributed by atoms with Gasteiger partial charge in [-0.05, 0) is 25.8 Å². The number of nitrogens with zero attached hydrogens (tertiary/aromatic N) is 7. The molecule has 0 spiro atoms. The molecule has 0 aliphatic carbocycles. The molecule has 10 heteroatoms. The Labute approximate surface area is 172 Å². The van der Waals surface area contributed by atoms with Crippen molar-refractivity contribution in [3.8, 4) is 11.5 Å². The van der Waals surface area contributed by atoms with Crippen molar-refractivity contribution >= 4 is 17.6 Å². The minimum Gasteiger partial charge on any atom is -0.358 e. The lowest BCUT2D eigenvalue weighted by Gasteiger charge is -2.39. The quantitative estimate of drug-likeness (QED) is 0.499. The molecule has 5 rings (SSSR count). The van der Waals surface area contributed by atoms with E-state index in [2.05, 4.69) is 42.5 Å². The molecule has 10 nitrogen and oxygen atoms in total. The standard InChI is InChI=1S/C20H21N9O/c1-3-13-10-17(24-18-9-12(2)26-27-18)25-20(23-13)29-8-5-15(29)16-11-14(28-30-16)19-21-6-4-7-22-19/h4,6-7,9-11,15H,3,5,8H2,1-2H3,(H2,23,24,25,26,27). The molecule has 0 radical (unpaired) electrons. The second-order valence-corrected chi connectivity index (χ2v) is 7.14. The lowest BCUT2D eigenvalue weighted by atomic mass is 10.0. The Bertz CT molecular complexity index is 1150. The van der Waals surface area contributed by atoms with E-state index < -0.39 is 0 Å². The van der Waals surface area contributed by atoms with Gasteiger partial charge in [-0.2, -0.15) is 10.1 Å². The highest BCUT2D eigenvalue weighted by molar-refractivity contribution is 5.56. The largest absolute Gasteiger partial charge is 0.358 e. The minimum absolute atomic E-state index is 0.0301. The van der Waals surface area contributed by atoms with E-state index in [-0.39, 0.29) is 6.04 Å². The van der Waals surface area contributed by atoms with Gasteiger partial charge in [-0.3, -0.25) is 5.10 Å². The van der Waals surface area contributed by atoms with Crippen LogP contribution in [0.5, 0.6) is 0 Å². The Hall–Kier alpha value is -3.82. The van der Waals surface area contributed by atoms with Crippen LogP contribution in [0, 0.1) is 6.92 Å². The van der Waals surface area contributed by atoms with Gasteiger partial charge in [0.2, 0.25) is 5.95 Å². The van der Waals surface area contributed by atoms with Crippen LogP contribution in [0.4, 0.5) is 17.6 Å². The lowest BCUT2D eigenvalue weighted by Crippen LogP contribution is -2.42. The zero-order valence-corrected chi connectivity index (χ0v) is 16.7. The maximum absolute atomic E-state index is 5.60. The maximum Gasteiger partial charge on any atom is 0.228 e. The van der Waals surface area contributed by atoms with Crippen LogP contribution in [0.25, 0.3) is 11.5 Å². The summed E-state index contributed by atoms with van der Waals surface area (Å²) < 4.78 is 5.60. The van der Waals surface area contributed by atoms with Crippen molar-refractivity contribution in [1.82, 2.24) is 35.3 Å². The minimum atomic E-state index is 0.0301. The predicted octanol–water partition coefficient (Wildman–Crippen LogP) is 3.21. The summed E-state index contributed by atoms with van der Waals surface area (Å²) in [6, 6.07) is 7.57. The van der Waals surface area contributed by atoms with Gasteiger partial charge in [0.1, 0.15) is 5.82 Å². The number of H-pyrrole nitrogens is 1. The van der Waals surface area contributed by atoms with Crippen LogP contribution in [0.2, 0.25) is 0 Å². The van der Waals surface area contributed by atoms with Crippen LogP contribution in [0.1, 0.15) is 36.5 Å². The molecule has 4 aromatic heterocycles. The summed E-state index contributed by atoms with van der Waals surface area (Å²) in [7, 11) is 0. The normalized spacial score (nSPS) is 15.8. The number of rotatable bonds is 6. The van der Waals surface area contributed by atoms with Crippen LogP contribution in [-0.2, 0) is 6.42 Å². The summed E-state index contributed by atoms with van der Waals surface area (Å²) in [5, 5.41) is 14.5. The predicted molar refractivity (Wildman–Crippen MR) is 110 cm³/mol. The van der Waals surface area contributed by atoms with Gasteiger partial charge < -0.3 is 14.7 Å². The number of anilines is 3. The van der Waals surface area contributed by atoms with E-state index >= 15 is 0 Å². The van der Waals surface area contributed by atoms with E-state index in [1.807, 2.05) is 25.1 Å². The van der Waals surface area contributed by atoms with E-state index in [4.69, 9.17) is 14.5 Å². The number of aromatic nitrogens is 7. The van der Waals surface area contributed by atoms with Crippen LogP contribution in [0.15, 0.2) is 41.2 Å². The molecule has 0 aromatic carbocycles. The van der Waals surface area contributed by atoms with Crippen molar-refractivity contribution < 1.29 is 4.52 Å². The number of aromatic amines is 1. The van der Waals surface area contributed by atoms with E-state index in [1.165, 1.54) is 0 Å². The fraction of sp³-hybridized carbons (Fsp3) is 0.300. The van der Waals surface area contributed by atoms with Crippen molar-refractivity contribution in [1.29, 1.82) is 0 Å². The molecule has 2 N–H and O–H groups in total. The number of nitrogens with one attached hydrogen (secondary N) is 2. The molecule has 1 fully saturated rings. The highest BCUT2D eigenvalue weighted by Gasteiger charge is 2.35. The first-order valence-electron chi connectivity index (χ1n) is 9.87. The molecule has 4 aromatic rings. The number of aryl methyl sites for hydroxylation is 2. The Kier molecular flexibility index (Phi) is 4.58. The zero-order valence-electron chi connectivity index (χ0n) is 16.7. The van der Waals surface area contributed by atoms with Crippen molar-refractivity contribution in [2.24, 2.45) is 0 Å². The molecule has 1 aliphatic rings. The third-order valence-electron chi connectivity index (χ3n) is 5.02. The van der Waals surface area contributed by atoms with Gasteiger partial charge in [0.05, 0.1) is 6.04 Å². The van der Waals surface area contributed by atoms with Gasteiger partial charge in [-0.1, -0.05) is 12.1 Å². The van der Waals surface area contributed by atoms with Crippen LogP contribution in [-0.4, -0.2) is 41.8 Å². The molecule has 0 bridgehead atoms. The molecule has 1 unspecified atom stereocenters.